The number of hydrogen-bond donors (Lipinski definition) is 1. The van der Waals surface area contributed by atoms with Gasteiger partial charge in [-0.05, 0) is 19.2 Å². The van der Waals surface area contributed by atoms with Crippen molar-refractivity contribution >= 4 is 5.82 Å². The topological polar surface area (TPSA) is 31.4 Å². The summed E-state index contributed by atoms with van der Waals surface area (Å²) in [4.78, 5) is 5.90. The number of halogens is 3. The molecule has 1 fully saturated rings. The standard InChI is InChI=1S/C11H15F3N4/c1-17-5-7-18(8-6-17)16-10-9(11(12,13)14)3-2-4-15-10/h2-4H,5-8H2,1H3,(H,15,16). The Morgan fingerprint density at radius 1 is 1.22 bits per heavy atom. The third-order valence-corrected chi connectivity index (χ3v) is 2.88. The van der Waals surface area contributed by atoms with Gasteiger partial charge in [0.2, 0.25) is 0 Å². The highest BCUT2D eigenvalue weighted by Crippen LogP contribution is 2.33. The highest BCUT2D eigenvalue weighted by Gasteiger charge is 2.34. The summed E-state index contributed by atoms with van der Waals surface area (Å²) in [7, 11) is 1.99. The van der Waals surface area contributed by atoms with Crippen LogP contribution in [0.15, 0.2) is 18.3 Å². The molecule has 4 nitrogen and oxygen atoms in total. The Kier molecular flexibility index (Phi) is 3.72. The summed E-state index contributed by atoms with van der Waals surface area (Å²) < 4.78 is 38.3. The molecule has 1 saturated heterocycles. The molecule has 0 aromatic carbocycles. The number of hydrogen-bond acceptors (Lipinski definition) is 4. The van der Waals surface area contributed by atoms with E-state index < -0.39 is 11.7 Å². The summed E-state index contributed by atoms with van der Waals surface area (Å²) in [5, 5.41) is 1.76. The Labute approximate surface area is 103 Å². The van der Waals surface area contributed by atoms with Crippen LogP contribution in [0, 0.1) is 0 Å². The van der Waals surface area contributed by atoms with E-state index >= 15 is 0 Å². The molecule has 18 heavy (non-hydrogen) atoms. The van der Waals surface area contributed by atoms with Crippen LogP contribution in [0.3, 0.4) is 0 Å². The van der Waals surface area contributed by atoms with Gasteiger partial charge in [0, 0.05) is 32.4 Å². The second kappa shape index (κ2) is 5.11. The highest BCUT2D eigenvalue weighted by molar-refractivity contribution is 5.44. The average Bonchev–Trinajstić information content (AvgIpc) is 2.31. The molecule has 2 heterocycles. The van der Waals surface area contributed by atoms with Crippen molar-refractivity contribution in [3.8, 4) is 0 Å². The molecule has 100 valence electrons. The number of likely N-dealkylation sites (N-methyl/N-ethyl adjacent to an activating group) is 1. The first-order chi connectivity index (χ1) is 8.47. The first-order valence-corrected chi connectivity index (χ1v) is 5.69. The fourth-order valence-electron chi connectivity index (χ4n) is 1.79. The summed E-state index contributed by atoms with van der Waals surface area (Å²) in [5.41, 5.74) is 2.02. The van der Waals surface area contributed by atoms with E-state index in [2.05, 4.69) is 15.3 Å². The number of pyridine rings is 1. The smallest absolute Gasteiger partial charge is 0.304 e. The van der Waals surface area contributed by atoms with Gasteiger partial charge in [0.25, 0.3) is 0 Å². The lowest BCUT2D eigenvalue weighted by atomic mass is 10.2. The maximum atomic E-state index is 12.8. The number of aromatic nitrogens is 1. The van der Waals surface area contributed by atoms with Crippen molar-refractivity contribution in [3.63, 3.8) is 0 Å². The number of piperazine rings is 1. The molecule has 1 aliphatic rings. The number of nitrogens with one attached hydrogen (secondary N) is 1. The highest BCUT2D eigenvalue weighted by atomic mass is 19.4. The van der Waals surface area contributed by atoms with Crippen LogP contribution in [0.2, 0.25) is 0 Å². The normalized spacial score (nSPS) is 18.9. The van der Waals surface area contributed by atoms with Crippen molar-refractivity contribution in [2.45, 2.75) is 6.18 Å². The van der Waals surface area contributed by atoms with Gasteiger partial charge in [-0.15, -0.1) is 0 Å². The largest absolute Gasteiger partial charge is 0.419 e. The predicted octanol–water partition coefficient (Wildman–Crippen LogP) is 1.67. The Bertz CT molecular complexity index is 400. The molecule has 0 radical (unpaired) electrons. The molecule has 1 aliphatic heterocycles. The molecule has 0 saturated carbocycles. The van der Waals surface area contributed by atoms with Gasteiger partial charge in [0.1, 0.15) is 0 Å². The molecule has 0 unspecified atom stereocenters. The minimum Gasteiger partial charge on any atom is -0.304 e. The molecule has 1 N–H and O–H groups in total. The summed E-state index contributed by atoms with van der Waals surface area (Å²) in [6, 6.07) is 2.32. The van der Waals surface area contributed by atoms with Crippen LogP contribution in [-0.2, 0) is 6.18 Å². The van der Waals surface area contributed by atoms with E-state index in [1.807, 2.05) is 7.05 Å². The third-order valence-electron chi connectivity index (χ3n) is 2.88. The average molecular weight is 260 g/mol. The molecule has 1 aromatic rings. The lowest BCUT2D eigenvalue weighted by Crippen LogP contribution is -2.47. The minimum atomic E-state index is -4.39. The molecular formula is C11H15F3N4. The zero-order valence-electron chi connectivity index (χ0n) is 10.0. The second-order valence-corrected chi connectivity index (χ2v) is 4.30. The molecule has 1 aromatic heterocycles. The lowest BCUT2D eigenvalue weighted by molar-refractivity contribution is -0.137. The van der Waals surface area contributed by atoms with Gasteiger partial charge in [0.05, 0.1) is 5.56 Å². The maximum absolute atomic E-state index is 12.8. The van der Waals surface area contributed by atoms with E-state index in [1.54, 1.807) is 5.01 Å². The fraction of sp³-hybridized carbons (Fsp3) is 0.545. The molecule has 2 rings (SSSR count). The number of hydrazine groups is 1. The van der Waals surface area contributed by atoms with Crippen LogP contribution in [0.4, 0.5) is 19.0 Å². The van der Waals surface area contributed by atoms with Gasteiger partial charge < -0.3 is 10.3 Å². The number of rotatable bonds is 2. The molecule has 0 spiro atoms. The fourth-order valence-corrected chi connectivity index (χ4v) is 1.79. The lowest BCUT2D eigenvalue weighted by Gasteiger charge is -2.33. The first kappa shape index (κ1) is 13.1. The van der Waals surface area contributed by atoms with Crippen molar-refractivity contribution in [1.82, 2.24) is 14.9 Å². The van der Waals surface area contributed by atoms with E-state index in [0.29, 0.717) is 13.1 Å². The van der Waals surface area contributed by atoms with Crippen molar-refractivity contribution in [2.24, 2.45) is 0 Å². The van der Waals surface area contributed by atoms with Crippen LogP contribution in [-0.4, -0.2) is 48.1 Å². The van der Waals surface area contributed by atoms with Gasteiger partial charge in [-0.3, -0.25) is 0 Å². The Hall–Kier alpha value is -1.34. The van der Waals surface area contributed by atoms with Crippen LogP contribution in [0.5, 0.6) is 0 Å². The Morgan fingerprint density at radius 2 is 1.89 bits per heavy atom. The van der Waals surface area contributed by atoms with E-state index in [4.69, 9.17) is 0 Å². The quantitative estimate of drug-likeness (QED) is 0.876. The Morgan fingerprint density at radius 3 is 2.50 bits per heavy atom. The minimum absolute atomic E-state index is 0.130. The summed E-state index contributed by atoms with van der Waals surface area (Å²) in [6.07, 6.45) is -3.03. The van der Waals surface area contributed by atoms with E-state index in [0.717, 1.165) is 19.2 Å². The number of alkyl halides is 3. The monoisotopic (exact) mass is 260 g/mol. The number of nitrogens with zero attached hydrogens (tertiary/aromatic N) is 3. The maximum Gasteiger partial charge on any atom is 0.419 e. The first-order valence-electron chi connectivity index (χ1n) is 5.69. The second-order valence-electron chi connectivity index (χ2n) is 4.30. The molecule has 0 atom stereocenters. The van der Waals surface area contributed by atoms with E-state index in [9.17, 15) is 13.2 Å². The SMILES string of the molecule is CN1CCN(Nc2ncccc2C(F)(F)F)CC1. The molecule has 0 bridgehead atoms. The van der Waals surface area contributed by atoms with E-state index in [1.165, 1.54) is 12.3 Å². The van der Waals surface area contributed by atoms with Crippen molar-refractivity contribution < 1.29 is 13.2 Å². The Balaban J connectivity index is 2.10. The van der Waals surface area contributed by atoms with Gasteiger partial charge in [-0.2, -0.15) is 13.2 Å². The molecule has 7 heteroatoms. The predicted molar refractivity (Wildman–Crippen MR) is 61.9 cm³/mol. The van der Waals surface area contributed by atoms with Crippen LogP contribution < -0.4 is 5.43 Å². The van der Waals surface area contributed by atoms with Crippen molar-refractivity contribution in [1.29, 1.82) is 0 Å². The van der Waals surface area contributed by atoms with Gasteiger partial charge in [0.15, 0.2) is 5.82 Å². The third kappa shape index (κ3) is 3.11. The summed E-state index contributed by atoms with van der Waals surface area (Å²) in [5.74, 6) is -0.130. The van der Waals surface area contributed by atoms with Crippen molar-refractivity contribution in [3.05, 3.63) is 23.9 Å². The zero-order valence-corrected chi connectivity index (χ0v) is 10.0. The summed E-state index contributed by atoms with van der Waals surface area (Å²) >= 11 is 0. The van der Waals surface area contributed by atoms with Crippen molar-refractivity contribution in [2.75, 3.05) is 38.7 Å². The van der Waals surface area contributed by atoms with Gasteiger partial charge >= 0.3 is 6.18 Å². The molecule has 0 aliphatic carbocycles. The zero-order chi connectivity index (χ0) is 13.2. The molecular weight excluding hydrogens is 245 g/mol. The van der Waals surface area contributed by atoms with Crippen LogP contribution >= 0.6 is 0 Å². The van der Waals surface area contributed by atoms with Crippen LogP contribution in [0.25, 0.3) is 0 Å². The molecule has 0 amide bonds. The van der Waals surface area contributed by atoms with Crippen LogP contribution in [0.1, 0.15) is 5.56 Å². The van der Waals surface area contributed by atoms with Gasteiger partial charge in [-0.25, -0.2) is 9.99 Å². The summed E-state index contributed by atoms with van der Waals surface area (Å²) in [6.45, 7) is 2.98. The number of anilines is 1. The van der Waals surface area contributed by atoms with Gasteiger partial charge in [-0.1, -0.05) is 0 Å². The van der Waals surface area contributed by atoms with E-state index in [-0.39, 0.29) is 5.82 Å².